The molecule has 0 aliphatic heterocycles. The third-order valence-corrected chi connectivity index (χ3v) is 3.59. The molecule has 0 fully saturated rings. The molecule has 0 bridgehead atoms. The molecule has 5 nitrogen and oxygen atoms in total. The van der Waals surface area contributed by atoms with Crippen molar-refractivity contribution in [3.63, 3.8) is 0 Å². The summed E-state index contributed by atoms with van der Waals surface area (Å²) in [6.07, 6.45) is 3.89. The van der Waals surface area contributed by atoms with Gasteiger partial charge in [-0.1, -0.05) is 0 Å². The number of carbonyl (C=O) groups is 1. The van der Waals surface area contributed by atoms with Crippen molar-refractivity contribution in [2.75, 3.05) is 13.6 Å². The number of hydrogen-bond acceptors (Lipinski definition) is 4. The molecular formula is C11H14N4OS. The lowest BCUT2D eigenvalue weighted by molar-refractivity contribution is 0.0791. The first-order valence-corrected chi connectivity index (χ1v) is 6.19. The van der Waals surface area contributed by atoms with E-state index in [4.69, 9.17) is 0 Å². The Bertz CT molecular complexity index is 491. The molecule has 1 amide bonds. The van der Waals surface area contributed by atoms with Crippen molar-refractivity contribution >= 4 is 17.2 Å². The highest BCUT2D eigenvalue weighted by molar-refractivity contribution is 7.09. The third kappa shape index (κ3) is 2.71. The van der Waals surface area contributed by atoms with Gasteiger partial charge in [-0.05, 0) is 6.92 Å². The summed E-state index contributed by atoms with van der Waals surface area (Å²) in [5.41, 5.74) is 3.41. The second kappa shape index (κ2) is 5.09. The van der Waals surface area contributed by atoms with Crippen LogP contribution in [-0.2, 0) is 6.42 Å². The highest BCUT2D eigenvalue weighted by atomic mass is 32.1. The van der Waals surface area contributed by atoms with Crippen molar-refractivity contribution in [1.82, 2.24) is 19.9 Å². The summed E-state index contributed by atoms with van der Waals surface area (Å²) in [5.74, 6) is -0.0373. The Balaban J connectivity index is 1.92. The summed E-state index contributed by atoms with van der Waals surface area (Å²) in [7, 11) is 1.79. The van der Waals surface area contributed by atoms with E-state index in [1.54, 1.807) is 23.3 Å². The molecule has 0 atom stereocenters. The maximum absolute atomic E-state index is 11.9. The molecule has 0 radical (unpaired) electrons. The summed E-state index contributed by atoms with van der Waals surface area (Å²) in [5, 5.41) is 0. The molecule has 1 N–H and O–H groups in total. The largest absolute Gasteiger partial charge is 0.341 e. The van der Waals surface area contributed by atoms with E-state index in [0.717, 1.165) is 12.1 Å². The molecule has 0 spiro atoms. The van der Waals surface area contributed by atoms with Crippen LogP contribution in [0.4, 0.5) is 0 Å². The number of imidazole rings is 1. The van der Waals surface area contributed by atoms with E-state index in [-0.39, 0.29) is 5.91 Å². The molecule has 2 aromatic rings. The SMILES string of the molecule is Cc1ncsc1CCN(C)C(=O)c1cnc[nH]1. The van der Waals surface area contributed by atoms with E-state index < -0.39 is 0 Å². The van der Waals surface area contributed by atoms with Crippen LogP contribution >= 0.6 is 11.3 Å². The standard InChI is InChI=1S/C11H14N4OS/c1-8-10(17-7-14-8)3-4-15(2)11(16)9-5-12-6-13-9/h5-7H,3-4H2,1-2H3,(H,12,13). The lowest BCUT2D eigenvalue weighted by Gasteiger charge is -2.15. The molecule has 17 heavy (non-hydrogen) atoms. The first-order chi connectivity index (χ1) is 8.18. The molecule has 2 heterocycles. The summed E-state index contributed by atoms with van der Waals surface area (Å²) < 4.78 is 0. The number of nitrogens with zero attached hydrogens (tertiary/aromatic N) is 3. The van der Waals surface area contributed by atoms with E-state index in [1.165, 1.54) is 17.4 Å². The lowest BCUT2D eigenvalue weighted by atomic mass is 10.3. The van der Waals surface area contributed by atoms with Crippen LogP contribution in [-0.4, -0.2) is 39.4 Å². The first-order valence-electron chi connectivity index (χ1n) is 5.31. The average molecular weight is 250 g/mol. The predicted octanol–water partition coefficient (Wildman–Crippen LogP) is 1.49. The number of aromatic amines is 1. The van der Waals surface area contributed by atoms with Crippen molar-refractivity contribution in [1.29, 1.82) is 0 Å². The van der Waals surface area contributed by atoms with Crippen molar-refractivity contribution in [2.45, 2.75) is 13.3 Å². The van der Waals surface area contributed by atoms with Crippen LogP contribution < -0.4 is 0 Å². The molecule has 2 rings (SSSR count). The van der Waals surface area contributed by atoms with Gasteiger partial charge in [0.05, 0.1) is 23.7 Å². The monoisotopic (exact) mass is 250 g/mol. The Hall–Kier alpha value is -1.69. The van der Waals surface area contributed by atoms with Gasteiger partial charge in [0.15, 0.2) is 0 Å². The minimum atomic E-state index is -0.0373. The first kappa shape index (κ1) is 11.8. The quantitative estimate of drug-likeness (QED) is 0.894. The minimum Gasteiger partial charge on any atom is -0.341 e. The zero-order chi connectivity index (χ0) is 12.3. The summed E-state index contributed by atoms with van der Waals surface area (Å²) in [6, 6.07) is 0. The fourth-order valence-electron chi connectivity index (χ4n) is 1.52. The number of H-pyrrole nitrogens is 1. The maximum atomic E-state index is 11.9. The van der Waals surface area contributed by atoms with Crippen LogP contribution in [0.25, 0.3) is 0 Å². The molecule has 0 aliphatic rings. The van der Waals surface area contributed by atoms with Gasteiger partial charge < -0.3 is 9.88 Å². The smallest absolute Gasteiger partial charge is 0.271 e. The summed E-state index contributed by atoms with van der Waals surface area (Å²) >= 11 is 1.63. The van der Waals surface area contributed by atoms with E-state index in [0.29, 0.717) is 12.2 Å². The van der Waals surface area contributed by atoms with E-state index in [2.05, 4.69) is 15.0 Å². The zero-order valence-electron chi connectivity index (χ0n) is 9.80. The zero-order valence-corrected chi connectivity index (χ0v) is 10.6. The number of amides is 1. The second-order valence-corrected chi connectivity index (χ2v) is 4.74. The molecule has 0 saturated heterocycles. The van der Waals surface area contributed by atoms with Crippen LogP contribution in [0.15, 0.2) is 18.0 Å². The maximum Gasteiger partial charge on any atom is 0.271 e. The molecule has 6 heteroatoms. The summed E-state index contributed by atoms with van der Waals surface area (Å²) in [6.45, 7) is 2.67. The van der Waals surface area contributed by atoms with Gasteiger partial charge in [-0.15, -0.1) is 11.3 Å². The fourth-order valence-corrected chi connectivity index (χ4v) is 2.29. The number of rotatable bonds is 4. The predicted molar refractivity (Wildman–Crippen MR) is 66.1 cm³/mol. The van der Waals surface area contributed by atoms with Gasteiger partial charge in [0.1, 0.15) is 5.69 Å². The van der Waals surface area contributed by atoms with E-state index >= 15 is 0 Å². The number of hydrogen-bond donors (Lipinski definition) is 1. The molecule has 0 unspecified atom stereocenters. The number of carbonyl (C=O) groups excluding carboxylic acids is 1. The number of aryl methyl sites for hydroxylation is 1. The van der Waals surface area contributed by atoms with Crippen LogP contribution in [0.1, 0.15) is 21.1 Å². The van der Waals surface area contributed by atoms with Gasteiger partial charge in [-0.3, -0.25) is 4.79 Å². The lowest BCUT2D eigenvalue weighted by Crippen LogP contribution is -2.29. The Labute approximate surface area is 104 Å². The Kier molecular flexibility index (Phi) is 3.53. The number of aromatic nitrogens is 3. The average Bonchev–Trinajstić information content (AvgIpc) is 2.96. The van der Waals surface area contributed by atoms with Gasteiger partial charge >= 0.3 is 0 Å². The van der Waals surface area contributed by atoms with Crippen molar-refractivity contribution in [2.24, 2.45) is 0 Å². The number of nitrogens with one attached hydrogen (secondary N) is 1. The molecule has 90 valence electrons. The third-order valence-electron chi connectivity index (χ3n) is 2.59. The van der Waals surface area contributed by atoms with Crippen LogP contribution in [0.2, 0.25) is 0 Å². The van der Waals surface area contributed by atoms with E-state index in [1.807, 2.05) is 12.4 Å². The van der Waals surface area contributed by atoms with Crippen LogP contribution in [0.3, 0.4) is 0 Å². The van der Waals surface area contributed by atoms with Gasteiger partial charge in [-0.25, -0.2) is 9.97 Å². The second-order valence-electron chi connectivity index (χ2n) is 3.80. The molecule has 2 aromatic heterocycles. The highest BCUT2D eigenvalue weighted by Gasteiger charge is 2.13. The topological polar surface area (TPSA) is 61.9 Å². The van der Waals surface area contributed by atoms with Gasteiger partial charge in [0, 0.05) is 24.9 Å². The van der Waals surface area contributed by atoms with Crippen LogP contribution in [0, 0.1) is 6.92 Å². The highest BCUT2D eigenvalue weighted by Crippen LogP contribution is 2.13. The minimum absolute atomic E-state index is 0.0373. The number of likely N-dealkylation sites (N-methyl/N-ethyl adjacent to an activating group) is 1. The van der Waals surface area contributed by atoms with Crippen molar-refractivity contribution in [3.8, 4) is 0 Å². The van der Waals surface area contributed by atoms with Gasteiger partial charge in [-0.2, -0.15) is 0 Å². The van der Waals surface area contributed by atoms with Gasteiger partial charge in [0.25, 0.3) is 5.91 Å². The van der Waals surface area contributed by atoms with Crippen LogP contribution in [0.5, 0.6) is 0 Å². The molecule has 0 aromatic carbocycles. The van der Waals surface area contributed by atoms with Gasteiger partial charge in [0.2, 0.25) is 0 Å². The fraction of sp³-hybridized carbons (Fsp3) is 0.364. The van der Waals surface area contributed by atoms with Crippen molar-refractivity contribution in [3.05, 3.63) is 34.3 Å². The Morgan fingerprint density at radius 2 is 2.41 bits per heavy atom. The molecular weight excluding hydrogens is 236 g/mol. The number of thiazole rings is 1. The molecule has 0 aliphatic carbocycles. The Morgan fingerprint density at radius 3 is 3.00 bits per heavy atom. The van der Waals surface area contributed by atoms with Crippen molar-refractivity contribution < 1.29 is 4.79 Å². The normalized spacial score (nSPS) is 10.5. The Morgan fingerprint density at radius 1 is 1.59 bits per heavy atom. The summed E-state index contributed by atoms with van der Waals surface area (Å²) in [4.78, 5) is 25.6. The molecule has 0 saturated carbocycles. The van der Waals surface area contributed by atoms with E-state index in [9.17, 15) is 4.79 Å².